The van der Waals surface area contributed by atoms with E-state index in [1.165, 1.54) is 20.3 Å². The molecule has 0 saturated carbocycles. The monoisotopic (exact) mass is 418 g/mol. The van der Waals surface area contributed by atoms with E-state index in [0.29, 0.717) is 23.5 Å². The second-order valence-corrected chi connectivity index (χ2v) is 7.22. The van der Waals surface area contributed by atoms with Crippen LogP contribution in [0.5, 0.6) is 17.2 Å². The number of phenolic OH excluding ortho intramolecular Hbond substituents is 1. The molecule has 7 nitrogen and oxygen atoms in total. The van der Waals surface area contributed by atoms with Crippen molar-refractivity contribution in [3.8, 4) is 17.2 Å². The van der Waals surface area contributed by atoms with Crippen LogP contribution in [-0.4, -0.2) is 49.2 Å². The molecule has 2 rings (SSSR count). The molecule has 0 saturated heterocycles. The van der Waals surface area contributed by atoms with E-state index >= 15 is 0 Å². The van der Waals surface area contributed by atoms with Crippen molar-refractivity contribution in [2.75, 3.05) is 26.2 Å². The van der Waals surface area contributed by atoms with Gasteiger partial charge in [-0.1, -0.05) is 18.2 Å². The van der Waals surface area contributed by atoms with Crippen LogP contribution in [0.1, 0.15) is 22.3 Å². The zero-order chi connectivity index (χ0) is 21.2. The van der Waals surface area contributed by atoms with Crippen LogP contribution >= 0.6 is 11.8 Å². The van der Waals surface area contributed by atoms with Crippen LogP contribution in [0.15, 0.2) is 42.5 Å². The van der Waals surface area contributed by atoms with E-state index in [-0.39, 0.29) is 24.1 Å². The highest BCUT2D eigenvalue weighted by Gasteiger charge is 2.22. The Hall–Kier alpha value is -2.87. The third kappa shape index (κ3) is 6.32. The van der Waals surface area contributed by atoms with Gasteiger partial charge in [0.25, 0.3) is 5.91 Å². The number of hydrogen-bond acceptors (Lipinski definition) is 6. The molecule has 1 unspecified atom stereocenters. The van der Waals surface area contributed by atoms with E-state index in [1.807, 2.05) is 6.26 Å². The lowest BCUT2D eigenvalue weighted by Crippen LogP contribution is -2.47. The molecule has 3 N–H and O–H groups in total. The van der Waals surface area contributed by atoms with Crippen LogP contribution in [-0.2, 0) is 11.3 Å². The molecule has 2 aromatic rings. The van der Waals surface area contributed by atoms with Crippen molar-refractivity contribution in [3.63, 3.8) is 0 Å². The van der Waals surface area contributed by atoms with Crippen LogP contribution in [0, 0.1) is 0 Å². The Morgan fingerprint density at radius 3 is 2.52 bits per heavy atom. The highest BCUT2D eigenvalue weighted by Crippen LogP contribution is 2.26. The molecule has 8 heteroatoms. The minimum absolute atomic E-state index is 0.0319. The van der Waals surface area contributed by atoms with E-state index in [4.69, 9.17) is 9.47 Å². The van der Waals surface area contributed by atoms with Gasteiger partial charge in [-0.3, -0.25) is 9.59 Å². The number of methoxy groups -OCH3 is 2. The van der Waals surface area contributed by atoms with Crippen molar-refractivity contribution in [3.05, 3.63) is 53.6 Å². The fraction of sp³-hybridized carbons (Fsp3) is 0.333. The van der Waals surface area contributed by atoms with Crippen molar-refractivity contribution in [2.45, 2.75) is 19.0 Å². The van der Waals surface area contributed by atoms with Crippen molar-refractivity contribution in [1.29, 1.82) is 0 Å². The topological polar surface area (TPSA) is 96.9 Å². The van der Waals surface area contributed by atoms with Gasteiger partial charge in [0.05, 0.1) is 19.8 Å². The van der Waals surface area contributed by atoms with E-state index in [0.717, 1.165) is 11.3 Å². The first kappa shape index (κ1) is 22.4. The molecule has 1 atom stereocenters. The number of rotatable bonds is 10. The Balaban J connectivity index is 2.06. The molecule has 0 fully saturated rings. The lowest BCUT2D eigenvalue weighted by Gasteiger charge is -2.19. The molecule has 0 aliphatic rings. The molecule has 2 aromatic carbocycles. The number of thioether (sulfide) groups is 1. The fourth-order valence-electron chi connectivity index (χ4n) is 2.72. The number of amides is 2. The predicted molar refractivity (Wildman–Crippen MR) is 114 cm³/mol. The SMILES string of the molecule is COc1cc(CNC(=O)C(CCSC)NC(=O)c2ccccc2OC)ccc1O. The number of aromatic hydroxyl groups is 1. The van der Waals surface area contributed by atoms with Gasteiger partial charge in [0.2, 0.25) is 5.91 Å². The summed E-state index contributed by atoms with van der Waals surface area (Å²) in [6.07, 6.45) is 2.44. The molecule has 29 heavy (non-hydrogen) atoms. The number of phenols is 1. The largest absolute Gasteiger partial charge is 0.504 e. The molecule has 0 spiro atoms. The maximum Gasteiger partial charge on any atom is 0.255 e. The van der Waals surface area contributed by atoms with E-state index < -0.39 is 6.04 Å². The molecule has 156 valence electrons. The Labute approximate surface area is 174 Å². The van der Waals surface area contributed by atoms with Crippen molar-refractivity contribution in [1.82, 2.24) is 10.6 Å². The summed E-state index contributed by atoms with van der Waals surface area (Å²) in [5.74, 6) is 0.886. The molecular weight excluding hydrogens is 392 g/mol. The highest BCUT2D eigenvalue weighted by atomic mass is 32.2. The number of carbonyl (C=O) groups is 2. The van der Waals surface area contributed by atoms with Gasteiger partial charge >= 0.3 is 0 Å². The summed E-state index contributed by atoms with van der Waals surface area (Å²) in [6.45, 7) is 0.246. The van der Waals surface area contributed by atoms with Crippen LogP contribution in [0.2, 0.25) is 0 Å². The van der Waals surface area contributed by atoms with E-state index in [2.05, 4.69) is 10.6 Å². The van der Waals surface area contributed by atoms with Gasteiger partial charge in [0.15, 0.2) is 11.5 Å². The molecule has 0 bridgehead atoms. The van der Waals surface area contributed by atoms with Gasteiger partial charge in [-0.25, -0.2) is 0 Å². The van der Waals surface area contributed by atoms with Crippen LogP contribution < -0.4 is 20.1 Å². The number of ether oxygens (including phenoxy) is 2. The molecule has 0 heterocycles. The predicted octanol–water partition coefficient (Wildman–Crippen LogP) is 2.58. The Bertz CT molecular complexity index is 844. The molecular formula is C21H26N2O5S. The van der Waals surface area contributed by atoms with E-state index in [1.54, 1.807) is 48.2 Å². The summed E-state index contributed by atoms with van der Waals surface area (Å²) in [5.41, 5.74) is 1.15. The second-order valence-electron chi connectivity index (χ2n) is 6.23. The molecule has 0 aliphatic heterocycles. The minimum atomic E-state index is -0.682. The third-order valence-corrected chi connectivity index (χ3v) is 4.94. The van der Waals surface area contributed by atoms with Crippen molar-refractivity contribution in [2.24, 2.45) is 0 Å². The van der Waals surface area contributed by atoms with Crippen LogP contribution in [0.3, 0.4) is 0 Å². The summed E-state index contributed by atoms with van der Waals surface area (Å²) < 4.78 is 10.3. The first-order valence-electron chi connectivity index (χ1n) is 9.06. The molecule has 0 aliphatic carbocycles. The van der Waals surface area contributed by atoms with E-state index in [9.17, 15) is 14.7 Å². The number of para-hydroxylation sites is 1. The Morgan fingerprint density at radius 2 is 1.83 bits per heavy atom. The number of hydrogen-bond donors (Lipinski definition) is 3. The van der Waals surface area contributed by atoms with Crippen LogP contribution in [0.25, 0.3) is 0 Å². The Kier molecular flexibility index (Phi) is 8.67. The third-order valence-electron chi connectivity index (χ3n) is 4.29. The van der Waals surface area contributed by atoms with Gasteiger partial charge in [-0.15, -0.1) is 0 Å². The summed E-state index contributed by atoms with van der Waals surface area (Å²) in [7, 11) is 2.96. The normalized spacial score (nSPS) is 11.4. The maximum atomic E-state index is 12.7. The summed E-state index contributed by atoms with van der Waals surface area (Å²) in [4.78, 5) is 25.4. The lowest BCUT2D eigenvalue weighted by molar-refractivity contribution is -0.123. The van der Waals surface area contributed by atoms with Crippen molar-refractivity contribution < 1.29 is 24.2 Å². The summed E-state index contributed by atoms with van der Waals surface area (Å²) in [5, 5.41) is 15.3. The smallest absolute Gasteiger partial charge is 0.255 e. The second kappa shape index (κ2) is 11.2. The standard InChI is InChI=1S/C21H26N2O5S/c1-27-18-7-5-4-6-15(18)20(25)23-16(10-11-29-3)21(26)22-13-14-8-9-17(24)19(12-14)28-2/h4-9,12,16,24H,10-11,13H2,1-3H3,(H,22,26)(H,23,25). The van der Waals surface area contributed by atoms with Crippen LogP contribution in [0.4, 0.5) is 0 Å². The highest BCUT2D eigenvalue weighted by molar-refractivity contribution is 7.98. The number of nitrogens with one attached hydrogen (secondary N) is 2. The fourth-order valence-corrected chi connectivity index (χ4v) is 3.19. The average Bonchev–Trinajstić information content (AvgIpc) is 2.75. The summed E-state index contributed by atoms with van der Waals surface area (Å²) >= 11 is 1.60. The molecule has 2 amide bonds. The number of benzene rings is 2. The zero-order valence-electron chi connectivity index (χ0n) is 16.7. The van der Waals surface area contributed by atoms with Gasteiger partial charge in [0.1, 0.15) is 11.8 Å². The number of carbonyl (C=O) groups excluding carboxylic acids is 2. The maximum absolute atomic E-state index is 12.7. The Morgan fingerprint density at radius 1 is 1.10 bits per heavy atom. The van der Waals surface area contributed by atoms with Gasteiger partial charge in [-0.05, 0) is 48.3 Å². The lowest BCUT2D eigenvalue weighted by atomic mass is 10.1. The summed E-state index contributed by atoms with van der Waals surface area (Å²) in [6, 6.07) is 11.0. The van der Waals surface area contributed by atoms with Gasteiger partial charge in [0, 0.05) is 6.54 Å². The molecule has 0 aromatic heterocycles. The molecule has 0 radical (unpaired) electrons. The quantitative estimate of drug-likeness (QED) is 0.549. The van der Waals surface area contributed by atoms with Crippen molar-refractivity contribution >= 4 is 23.6 Å². The minimum Gasteiger partial charge on any atom is -0.504 e. The first-order valence-corrected chi connectivity index (χ1v) is 10.5. The van der Waals surface area contributed by atoms with Gasteiger partial charge in [-0.2, -0.15) is 11.8 Å². The average molecular weight is 419 g/mol. The van der Waals surface area contributed by atoms with Gasteiger partial charge < -0.3 is 25.2 Å². The first-order chi connectivity index (χ1) is 14.0. The zero-order valence-corrected chi connectivity index (χ0v) is 17.5.